The molecule has 0 heterocycles. The van der Waals surface area contributed by atoms with Crippen molar-refractivity contribution in [3.8, 4) is 5.75 Å². The van der Waals surface area contributed by atoms with Crippen molar-refractivity contribution in [3.63, 3.8) is 0 Å². The highest BCUT2D eigenvalue weighted by molar-refractivity contribution is 5.90. The van der Waals surface area contributed by atoms with Gasteiger partial charge in [-0.2, -0.15) is 0 Å². The van der Waals surface area contributed by atoms with E-state index in [-0.39, 0.29) is 11.4 Å². The second-order valence-corrected chi connectivity index (χ2v) is 7.78. The third-order valence-corrected chi connectivity index (χ3v) is 6.92. The largest absolute Gasteiger partial charge is 0.497 e. The minimum atomic E-state index is -0.126. The van der Waals surface area contributed by atoms with Gasteiger partial charge in [-0.3, -0.25) is 0 Å². The highest BCUT2D eigenvalue weighted by Gasteiger charge is 2.53. The minimum absolute atomic E-state index is 0.00175. The van der Waals surface area contributed by atoms with E-state index in [9.17, 15) is 4.79 Å². The summed E-state index contributed by atoms with van der Waals surface area (Å²) in [5, 5.41) is 0. The Morgan fingerprint density at radius 2 is 2.08 bits per heavy atom. The van der Waals surface area contributed by atoms with Gasteiger partial charge < -0.3 is 9.47 Å². The summed E-state index contributed by atoms with van der Waals surface area (Å²) in [4.78, 5) is 12.2. The molecule has 0 saturated heterocycles. The summed E-state index contributed by atoms with van der Waals surface area (Å²) in [5.41, 5.74) is 3.89. The molecule has 0 radical (unpaired) electrons. The fourth-order valence-electron chi connectivity index (χ4n) is 5.68. The van der Waals surface area contributed by atoms with Crippen LogP contribution in [0.4, 0.5) is 0 Å². The van der Waals surface area contributed by atoms with Gasteiger partial charge in [0, 0.05) is 11.0 Å². The molecule has 128 valence electrons. The highest BCUT2D eigenvalue weighted by atomic mass is 16.5. The van der Waals surface area contributed by atoms with E-state index >= 15 is 0 Å². The van der Waals surface area contributed by atoms with Gasteiger partial charge in [0.25, 0.3) is 0 Å². The van der Waals surface area contributed by atoms with Crippen molar-refractivity contribution in [2.45, 2.75) is 44.9 Å². The van der Waals surface area contributed by atoms with Crippen molar-refractivity contribution < 1.29 is 14.3 Å². The van der Waals surface area contributed by atoms with E-state index < -0.39 is 0 Å². The number of carbonyl (C=O) groups is 1. The van der Waals surface area contributed by atoms with Gasteiger partial charge >= 0.3 is 5.97 Å². The number of ether oxygens (including phenoxy) is 2. The van der Waals surface area contributed by atoms with Crippen LogP contribution in [0.15, 0.2) is 29.8 Å². The highest BCUT2D eigenvalue weighted by Crippen LogP contribution is 2.61. The molecule has 3 aliphatic rings. The fourth-order valence-corrected chi connectivity index (χ4v) is 5.68. The molecular formula is C21H26O3. The number of hydrogen-bond acceptors (Lipinski definition) is 3. The van der Waals surface area contributed by atoms with Crippen LogP contribution in [0.25, 0.3) is 0 Å². The van der Waals surface area contributed by atoms with Crippen LogP contribution in [-0.4, -0.2) is 20.2 Å². The van der Waals surface area contributed by atoms with Crippen LogP contribution in [0.3, 0.4) is 0 Å². The van der Waals surface area contributed by atoms with Crippen molar-refractivity contribution in [1.82, 2.24) is 0 Å². The smallest absolute Gasteiger partial charge is 0.333 e. The summed E-state index contributed by atoms with van der Waals surface area (Å²) in [6.45, 7) is 2.28. The van der Waals surface area contributed by atoms with Crippen LogP contribution in [-0.2, 0) is 16.0 Å². The molecular weight excluding hydrogens is 300 g/mol. The first kappa shape index (κ1) is 15.7. The molecule has 0 unspecified atom stereocenters. The van der Waals surface area contributed by atoms with Crippen LogP contribution in [0, 0.1) is 17.3 Å². The number of aryl methyl sites for hydroxylation is 1. The third kappa shape index (κ3) is 2.13. The number of methoxy groups -OCH3 is 2. The van der Waals surface area contributed by atoms with Crippen LogP contribution >= 0.6 is 0 Å². The summed E-state index contributed by atoms with van der Waals surface area (Å²) >= 11 is 0. The number of esters is 1. The fraction of sp³-hybridized carbons (Fsp3) is 0.571. The maximum Gasteiger partial charge on any atom is 0.333 e. The molecule has 3 aliphatic carbocycles. The summed E-state index contributed by atoms with van der Waals surface area (Å²) in [7, 11) is 3.23. The quantitative estimate of drug-likeness (QED) is 0.762. The lowest BCUT2D eigenvalue weighted by Crippen LogP contribution is -2.42. The van der Waals surface area contributed by atoms with E-state index in [0.29, 0.717) is 17.8 Å². The van der Waals surface area contributed by atoms with E-state index in [1.54, 1.807) is 7.11 Å². The lowest BCUT2D eigenvalue weighted by Gasteiger charge is -2.50. The van der Waals surface area contributed by atoms with Crippen molar-refractivity contribution in [3.05, 3.63) is 41.0 Å². The third-order valence-electron chi connectivity index (χ3n) is 6.92. The molecule has 4 rings (SSSR count). The first-order chi connectivity index (χ1) is 11.6. The SMILES string of the molecule is COC(=O)C1=CC[C@H]2[C@@H]3CCc4cc(OC)ccc4[C@H]3CC[C@@]12C. The maximum absolute atomic E-state index is 12.2. The number of hydrogen-bond donors (Lipinski definition) is 0. The van der Waals surface area contributed by atoms with Crippen molar-refractivity contribution >= 4 is 5.97 Å². The van der Waals surface area contributed by atoms with E-state index in [0.717, 1.165) is 37.0 Å². The van der Waals surface area contributed by atoms with Crippen molar-refractivity contribution in [1.29, 1.82) is 0 Å². The first-order valence-electron chi connectivity index (χ1n) is 9.04. The van der Waals surface area contributed by atoms with Gasteiger partial charge in [0.2, 0.25) is 0 Å². The molecule has 1 aromatic rings. The Balaban J connectivity index is 1.65. The summed E-state index contributed by atoms with van der Waals surface area (Å²) in [6, 6.07) is 6.59. The zero-order valence-corrected chi connectivity index (χ0v) is 14.8. The van der Waals surface area contributed by atoms with Gasteiger partial charge in [-0.05, 0) is 73.1 Å². The molecule has 0 spiro atoms. The van der Waals surface area contributed by atoms with Gasteiger partial charge in [-0.15, -0.1) is 0 Å². The summed E-state index contributed by atoms with van der Waals surface area (Å²) < 4.78 is 10.4. The molecule has 3 heteroatoms. The number of benzene rings is 1. The topological polar surface area (TPSA) is 35.5 Å². The lowest BCUT2D eigenvalue weighted by atomic mass is 9.54. The summed E-state index contributed by atoms with van der Waals surface area (Å²) in [6.07, 6.45) is 7.74. The molecule has 0 N–H and O–H groups in total. The Morgan fingerprint density at radius 3 is 2.83 bits per heavy atom. The average Bonchev–Trinajstić information content (AvgIpc) is 2.97. The number of fused-ring (bicyclic) bond motifs is 5. The normalized spacial score (nSPS) is 33.8. The van der Waals surface area contributed by atoms with Gasteiger partial charge in [0.1, 0.15) is 5.75 Å². The molecule has 24 heavy (non-hydrogen) atoms. The minimum Gasteiger partial charge on any atom is -0.497 e. The monoisotopic (exact) mass is 326 g/mol. The Morgan fingerprint density at radius 1 is 1.25 bits per heavy atom. The molecule has 0 amide bonds. The summed E-state index contributed by atoms with van der Waals surface area (Å²) in [5.74, 6) is 2.70. The van der Waals surface area contributed by atoms with E-state index in [1.165, 1.54) is 24.7 Å². The van der Waals surface area contributed by atoms with E-state index in [2.05, 4.69) is 31.2 Å². The average molecular weight is 326 g/mol. The zero-order valence-electron chi connectivity index (χ0n) is 14.8. The van der Waals surface area contributed by atoms with Crippen LogP contribution in [0.1, 0.15) is 49.7 Å². The molecule has 0 bridgehead atoms. The van der Waals surface area contributed by atoms with E-state index in [4.69, 9.17) is 9.47 Å². The molecule has 0 aromatic heterocycles. The Labute approximate surface area is 144 Å². The van der Waals surface area contributed by atoms with Crippen LogP contribution in [0.5, 0.6) is 5.75 Å². The molecule has 3 nitrogen and oxygen atoms in total. The standard InChI is InChI=1S/C21H26O3/c1-21-11-10-16-15-7-5-14(23-2)12-13(15)4-6-17(16)18(21)8-9-19(21)20(22)24-3/h5,7,9,12,16-18H,4,6,8,10-11H2,1-3H3/t16-,17-,18+,21-/m1/s1. The number of carbonyl (C=O) groups excluding carboxylic acids is 1. The van der Waals surface area contributed by atoms with Gasteiger partial charge in [0.15, 0.2) is 0 Å². The number of rotatable bonds is 2. The predicted molar refractivity (Wildman–Crippen MR) is 93.1 cm³/mol. The maximum atomic E-state index is 12.2. The molecule has 1 aromatic carbocycles. The molecule has 4 atom stereocenters. The molecule has 0 aliphatic heterocycles. The van der Waals surface area contributed by atoms with Crippen molar-refractivity contribution in [2.75, 3.05) is 14.2 Å². The Hall–Kier alpha value is -1.77. The number of allylic oxidation sites excluding steroid dienone is 1. The van der Waals surface area contributed by atoms with E-state index in [1.807, 2.05) is 0 Å². The van der Waals surface area contributed by atoms with Gasteiger partial charge in [0.05, 0.1) is 14.2 Å². The van der Waals surface area contributed by atoms with Gasteiger partial charge in [-0.1, -0.05) is 19.1 Å². The second-order valence-electron chi connectivity index (χ2n) is 7.78. The van der Waals surface area contributed by atoms with Crippen LogP contribution in [0.2, 0.25) is 0 Å². The molecule has 1 fully saturated rings. The first-order valence-corrected chi connectivity index (χ1v) is 9.04. The second kappa shape index (κ2) is 5.65. The van der Waals surface area contributed by atoms with Gasteiger partial charge in [-0.25, -0.2) is 4.79 Å². The Bertz CT molecular complexity index is 705. The zero-order chi connectivity index (χ0) is 16.9. The molecule has 1 saturated carbocycles. The Kier molecular flexibility index (Phi) is 3.70. The predicted octanol–water partition coefficient (Wildman–Crippen LogP) is 4.26. The van der Waals surface area contributed by atoms with Crippen LogP contribution < -0.4 is 4.74 Å². The van der Waals surface area contributed by atoms with Crippen molar-refractivity contribution in [2.24, 2.45) is 17.3 Å². The lowest BCUT2D eigenvalue weighted by molar-refractivity contribution is -0.138.